The first-order valence-corrected chi connectivity index (χ1v) is 7.09. The van der Waals surface area contributed by atoms with Crippen LogP contribution in [0.5, 0.6) is 0 Å². The second-order valence-corrected chi connectivity index (χ2v) is 5.86. The van der Waals surface area contributed by atoms with Crippen molar-refractivity contribution >= 4 is 21.9 Å². The van der Waals surface area contributed by atoms with Gasteiger partial charge in [-0.1, -0.05) is 35.0 Å². The fraction of sp³-hybridized carbons (Fsp3) is 0.500. The van der Waals surface area contributed by atoms with Gasteiger partial charge in [0.2, 0.25) is 0 Å². The number of carboxylic acids is 1. The van der Waals surface area contributed by atoms with Gasteiger partial charge in [-0.3, -0.25) is 9.69 Å². The van der Waals surface area contributed by atoms with E-state index >= 15 is 0 Å². The van der Waals surface area contributed by atoms with Gasteiger partial charge in [-0.05, 0) is 43.0 Å². The minimum Gasteiger partial charge on any atom is -0.480 e. The van der Waals surface area contributed by atoms with Crippen LogP contribution in [0.3, 0.4) is 0 Å². The van der Waals surface area contributed by atoms with E-state index in [0.29, 0.717) is 5.92 Å². The summed E-state index contributed by atoms with van der Waals surface area (Å²) >= 11 is 3.47. The molecular weight excluding hydrogens is 294 g/mol. The highest BCUT2D eigenvalue weighted by Gasteiger charge is 2.31. The molecule has 0 radical (unpaired) electrons. The minimum absolute atomic E-state index is 0.292. The fourth-order valence-electron chi connectivity index (χ4n) is 2.59. The standard InChI is InChI=1S/C14H18BrNO2/c1-10(11-4-2-5-12(15)8-11)9-16-7-3-6-13(16)14(17)18/h2,4-5,8,10,13H,3,6-7,9H2,1H3,(H,17,18)/t10?,13-/m0/s1. The van der Waals surface area contributed by atoms with Crippen molar-refractivity contribution in [1.82, 2.24) is 4.90 Å². The first-order chi connectivity index (χ1) is 8.58. The number of aliphatic carboxylic acids is 1. The number of benzene rings is 1. The normalized spacial score (nSPS) is 22.0. The Bertz CT molecular complexity index is 436. The second kappa shape index (κ2) is 5.85. The molecule has 18 heavy (non-hydrogen) atoms. The van der Waals surface area contributed by atoms with Gasteiger partial charge in [-0.2, -0.15) is 0 Å². The van der Waals surface area contributed by atoms with E-state index in [9.17, 15) is 4.79 Å². The lowest BCUT2D eigenvalue weighted by Gasteiger charge is -2.25. The number of halogens is 1. The zero-order valence-corrected chi connectivity index (χ0v) is 12.1. The van der Waals surface area contributed by atoms with Crippen LogP contribution in [0.25, 0.3) is 0 Å². The molecule has 0 bridgehead atoms. The van der Waals surface area contributed by atoms with E-state index in [1.54, 1.807) is 0 Å². The second-order valence-electron chi connectivity index (χ2n) is 4.95. The lowest BCUT2D eigenvalue weighted by atomic mass is 10.0. The van der Waals surface area contributed by atoms with Crippen LogP contribution in [-0.4, -0.2) is 35.1 Å². The van der Waals surface area contributed by atoms with Gasteiger partial charge in [0, 0.05) is 11.0 Å². The Morgan fingerprint density at radius 2 is 2.39 bits per heavy atom. The molecule has 0 aliphatic carbocycles. The van der Waals surface area contributed by atoms with Crippen molar-refractivity contribution in [3.8, 4) is 0 Å². The van der Waals surface area contributed by atoms with Crippen molar-refractivity contribution in [1.29, 1.82) is 0 Å². The molecule has 1 aliphatic heterocycles. The van der Waals surface area contributed by atoms with Crippen LogP contribution in [0.15, 0.2) is 28.7 Å². The van der Waals surface area contributed by atoms with Crippen molar-refractivity contribution in [3.05, 3.63) is 34.3 Å². The zero-order valence-electron chi connectivity index (χ0n) is 10.5. The summed E-state index contributed by atoms with van der Waals surface area (Å²) in [5.74, 6) is -0.337. The lowest BCUT2D eigenvalue weighted by molar-refractivity contribution is -0.142. The molecule has 0 spiro atoms. The van der Waals surface area contributed by atoms with E-state index in [1.807, 2.05) is 12.1 Å². The van der Waals surface area contributed by atoms with E-state index in [2.05, 4.69) is 39.9 Å². The molecule has 0 saturated carbocycles. The monoisotopic (exact) mass is 311 g/mol. The maximum Gasteiger partial charge on any atom is 0.320 e. The summed E-state index contributed by atoms with van der Waals surface area (Å²) in [5, 5.41) is 9.16. The fourth-order valence-corrected chi connectivity index (χ4v) is 3.01. The highest BCUT2D eigenvalue weighted by molar-refractivity contribution is 9.10. The maximum absolute atomic E-state index is 11.1. The van der Waals surface area contributed by atoms with E-state index in [4.69, 9.17) is 5.11 Å². The molecule has 1 N–H and O–H groups in total. The SMILES string of the molecule is CC(CN1CCC[C@H]1C(=O)O)c1cccc(Br)c1. The van der Waals surface area contributed by atoms with Gasteiger partial charge in [0.25, 0.3) is 0 Å². The first kappa shape index (κ1) is 13.6. The van der Waals surface area contributed by atoms with E-state index in [1.165, 1.54) is 5.56 Å². The van der Waals surface area contributed by atoms with Crippen LogP contribution in [0.4, 0.5) is 0 Å². The van der Waals surface area contributed by atoms with Gasteiger partial charge >= 0.3 is 5.97 Å². The average Bonchev–Trinajstić information content (AvgIpc) is 2.77. The number of carboxylic acid groups (broad SMARTS) is 1. The molecule has 98 valence electrons. The first-order valence-electron chi connectivity index (χ1n) is 6.30. The quantitative estimate of drug-likeness (QED) is 0.929. The third-order valence-corrected chi connectivity index (χ3v) is 4.07. The average molecular weight is 312 g/mol. The number of rotatable bonds is 4. The third-order valence-electron chi connectivity index (χ3n) is 3.57. The molecule has 1 aliphatic rings. The number of hydrogen-bond donors (Lipinski definition) is 1. The summed E-state index contributed by atoms with van der Waals surface area (Å²) in [7, 11) is 0. The summed E-state index contributed by atoms with van der Waals surface area (Å²) in [6, 6.07) is 7.94. The lowest BCUT2D eigenvalue weighted by Crippen LogP contribution is -2.38. The molecule has 1 aromatic carbocycles. The van der Waals surface area contributed by atoms with Crippen molar-refractivity contribution in [2.45, 2.75) is 31.7 Å². The summed E-state index contributed by atoms with van der Waals surface area (Å²) < 4.78 is 1.07. The van der Waals surface area contributed by atoms with Crippen LogP contribution in [0.1, 0.15) is 31.2 Å². The Balaban J connectivity index is 2.03. The zero-order chi connectivity index (χ0) is 13.1. The maximum atomic E-state index is 11.1. The van der Waals surface area contributed by atoms with Gasteiger partial charge < -0.3 is 5.11 Å². The van der Waals surface area contributed by atoms with Crippen LogP contribution >= 0.6 is 15.9 Å². The van der Waals surface area contributed by atoms with Gasteiger partial charge in [0.05, 0.1) is 0 Å². The molecule has 0 amide bonds. The minimum atomic E-state index is -0.686. The van der Waals surface area contributed by atoms with Crippen LogP contribution in [0.2, 0.25) is 0 Å². The van der Waals surface area contributed by atoms with Crippen LogP contribution in [0, 0.1) is 0 Å². The number of likely N-dealkylation sites (tertiary alicyclic amines) is 1. The van der Waals surface area contributed by atoms with Crippen molar-refractivity contribution in [3.63, 3.8) is 0 Å². The highest BCUT2D eigenvalue weighted by Crippen LogP contribution is 2.25. The summed E-state index contributed by atoms with van der Waals surface area (Å²) in [5.41, 5.74) is 1.25. The molecule has 3 nitrogen and oxygen atoms in total. The van der Waals surface area contributed by atoms with Crippen molar-refractivity contribution in [2.75, 3.05) is 13.1 Å². The smallest absolute Gasteiger partial charge is 0.320 e. The number of carbonyl (C=O) groups is 1. The molecule has 2 rings (SSSR count). The summed E-state index contributed by atoms with van der Waals surface area (Å²) in [4.78, 5) is 13.2. The third kappa shape index (κ3) is 3.12. The van der Waals surface area contributed by atoms with Gasteiger partial charge in [-0.15, -0.1) is 0 Å². The molecule has 1 heterocycles. The predicted molar refractivity (Wildman–Crippen MR) is 74.8 cm³/mol. The molecule has 1 saturated heterocycles. The molecule has 2 atom stereocenters. The summed E-state index contributed by atoms with van der Waals surface area (Å²) in [6.07, 6.45) is 1.77. The highest BCUT2D eigenvalue weighted by atomic mass is 79.9. The van der Waals surface area contributed by atoms with Gasteiger partial charge in [0.15, 0.2) is 0 Å². The Kier molecular flexibility index (Phi) is 4.40. The molecular formula is C14H18BrNO2. The number of nitrogens with zero attached hydrogens (tertiary/aromatic N) is 1. The Labute approximate surface area is 116 Å². The Morgan fingerprint density at radius 3 is 3.06 bits per heavy atom. The number of hydrogen-bond acceptors (Lipinski definition) is 2. The van der Waals surface area contributed by atoms with E-state index < -0.39 is 5.97 Å². The predicted octanol–water partition coefficient (Wildman–Crippen LogP) is 3.10. The Hall–Kier alpha value is -0.870. The summed E-state index contributed by atoms with van der Waals surface area (Å²) in [6.45, 7) is 3.86. The molecule has 1 unspecified atom stereocenters. The van der Waals surface area contributed by atoms with Crippen LogP contribution < -0.4 is 0 Å². The topological polar surface area (TPSA) is 40.5 Å². The van der Waals surface area contributed by atoms with E-state index in [0.717, 1.165) is 30.4 Å². The van der Waals surface area contributed by atoms with Crippen LogP contribution in [-0.2, 0) is 4.79 Å². The van der Waals surface area contributed by atoms with Gasteiger partial charge in [-0.25, -0.2) is 0 Å². The molecule has 4 heteroatoms. The molecule has 0 aromatic heterocycles. The molecule has 1 fully saturated rings. The molecule has 1 aromatic rings. The van der Waals surface area contributed by atoms with Crippen molar-refractivity contribution in [2.24, 2.45) is 0 Å². The van der Waals surface area contributed by atoms with Crippen molar-refractivity contribution < 1.29 is 9.90 Å². The Morgan fingerprint density at radius 1 is 1.61 bits per heavy atom. The van der Waals surface area contributed by atoms with Gasteiger partial charge in [0.1, 0.15) is 6.04 Å². The van der Waals surface area contributed by atoms with E-state index in [-0.39, 0.29) is 6.04 Å². The largest absolute Gasteiger partial charge is 0.480 e.